The Morgan fingerprint density at radius 2 is 1.65 bits per heavy atom. The first-order valence-corrected chi connectivity index (χ1v) is 11.6. The molecule has 4 aromatic carbocycles. The Labute approximate surface area is 214 Å². The molecule has 0 atom stereocenters. The molecule has 0 spiro atoms. The lowest BCUT2D eigenvalue weighted by Crippen LogP contribution is -2.34. The number of hydrogen-bond acceptors (Lipinski definition) is 4. The quantitative estimate of drug-likeness (QED) is 0.235. The number of oxazole rings is 1. The maximum Gasteiger partial charge on any atom is 0.257 e. The maximum absolute atomic E-state index is 12.4. The summed E-state index contributed by atoms with van der Waals surface area (Å²) >= 11 is 23.5. The fraction of sp³-hybridized carbons (Fsp3) is 0. The molecule has 0 bridgehead atoms. The van der Waals surface area contributed by atoms with Crippen LogP contribution in [0.15, 0.2) is 77.2 Å². The molecule has 2 N–H and O–H groups in total. The molecule has 5 rings (SSSR count). The maximum atomic E-state index is 12.4. The Balaban J connectivity index is 1.37. The molecule has 0 fully saturated rings. The highest BCUT2D eigenvalue weighted by Crippen LogP contribution is 2.34. The minimum atomic E-state index is -0.407. The number of carbonyl (C=O) groups excluding carboxylic acids is 1. The summed E-state index contributed by atoms with van der Waals surface area (Å²) < 4.78 is 6.00. The Morgan fingerprint density at radius 1 is 0.853 bits per heavy atom. The molecule has 9 heteroatoms. The molecule has 1 aromatic heterocycles. The third-order valence-corrected chi connectivity index (χ3v) is 6.43. The summed E-state index contributed by atoms with van der Waals surface area (Å²) in [7, 11) is 0. The first-order chi connectivity index (χ1) is 16.4. The number of thiocarbonyl (C=S) groups is 1. The van der Waals surface area contributed by atoms with Crippen molar-refractivity contribution in [2.75, 3.05) is 5.32 Å². The van der Waals surface area contributed by atoms with Gasteiger partial charge in [0.1, 0.15) is 5.52 Å². The summed E-state index contributed by atoms with van der Waals surface area (Å²) in [6.07, 6.45) is 0. The number of rotatable bonds is 3. The molecule has 5 nitrogen and oxygen atoms in total. The van der Waals surface area contributed by atoms with Crippen LogP contribution in [-0.2, 0) is 0 Å². The lowest BCUT2D eigenvalue weighted by Gasteiger charge is -2.10. The number of fused-ring (bicyclic) bond motifs is 2. The van der Waals surface area contributed by atoms with Gasteiger partial charge in [0, 0.05) is 27.2 Å². The second kappa shape index (κ2) is 9.24. The van der Waals surface area contributed by atoms with E-state index in [9.17, 15) is 4.79 Å². The number of nitrogens with zero attached hydrogens (tertiary/aromatic N) is 1. The van der Waals surface area contributed by atoms with Crippen molar-refractivity contribution in [3.63, 3.8) is 0 Å². The van der Waals surface area contributed by atoms with E-state index in [1.807, 2.05) is 36.4 Å². The summed E-state index contributed by atoms with van der Waals surface area (Å²) in [5, 5.41) is 8.93. The van der Waals surface area contributed by atoms with Crippen LogP contribution in [-0.4, -0.2) is 16.0 Å². The normalized spacial score (nSPS) is 11.0. The molecule has 0 saturated carbocycles. The van der Waals surface area contributed by atoms with Crippen LogP contribution in [0.1, 0.15) is 10.4 Å². The predicted octanol–water partition coefficient (Wildman–Crippen LogP) is 7.74. The van der Waals surface area contributed by atoms with Crippen LogP contribution >= 0.6 is 47.0 Å². The van der Waals surface area contributed by atoms with Gasteiger partial charge < -0.3 is 9.73 Å². The van der Waals surface area contributed by atoms with Crippen LogP contribution in [0, 0.1) is 0 Å². The zero-order valence-electron chi connectivity index (χ0n) is 17.2. The van der Waals surface area contributed by atoms with Gasteiger partial charge in [0.25, 0.3) is 5.91 Å². The molecule has 168 valence electrons. The predicted molar refractivity (Wildman–Crippen MR) is 142 cm³/mol. The van der Waals surface area contributed by atoms with E-state index in [1.165, 1.54) is 6.07 Å². The van der Waals surface area contributed by atoms with E-state index in [2.05, 4.69) is 15.6 Å². The summed E-state index contributed by atoms with van der Waals surface area (Å²) in [6.45, 7) is 0. The molecular formula is C25H14Cl3N3O2S. The number of aromatic nitrogens is 1. The highest BCUT2D eigenvalue weighted by Gasteiger charge is 2.14. The third kappa shape index (κ3) is 4.45. The van der Waals surface area contributed by atoms with E-state index >= 15 is 0 Å². The Hall–Kier alpha value is -3.16. The van der Waals surface area contributed by atoms with Crippen LogP contribution in [0.2, 0.25) is 15.1 Å². The number of nitrogens with one attached hydrogen (secondary N) is 2. The van der Waals surface area contributed by atoms with Crippen molar-refractivity contribution in [2.45, 2.75) is 0 Å². The van der Waals surface area contributed by atoms with Crippen molar-refractivity contribution in [3.8, 4) is 11.5 Å². The topological polar surface area (TPSA) is 67.2 Å². The molecule has 0 aliphatic carbocycles. The van der Waals surface area contributed by atoms with Gasteiger partial charge in [-0.3, -0.25) is 10.1 Å². The van der Waals surface area contributed by atoms with E-state index in [0.717, 1.165) is 16.3 Å². The highest BCUT2D eigenvalue weighted by molar-refractivity contribution is 7.80. The molecule has 0 aliphatic heterocycles. The summed E-state index contributed by atoms with van der Waals surface area (Å²) in [5.41, 5.74) is 3.08. The van der Waals surface area contributed by atoms with Gasteiger partial charge in [0.2, 0.25) is 5.89 Å². The third-order valence-electron chi connectivity index (χ3n) is 5.15. The lowest BCUT2D eigenvalue weighted by atomic mass is 10.0. The van der Waals surface area contributed by atoms with Gasteiger partial charge in [-0.25, -0.2) is 4.98 Å². The molecule has 1 amide bonds. The minimum Gasteiger partial charge on any atom is -0.436 e. The number of hydrogen-bond donors (Lipinski definition) is 2. The second-order valence-corrected chi connectivity index (χ2v) is 9.01. The SMILES string of the molecule is O=C(NC(=S)Nc1ccc2oc(-c3cccc4c(Cl)cccc34)nc2c1)c1ccc(Cl)c(Cl)c1. The summed E-state index contributed by atoms with van der Waals surface area (Å²) in [4.78, 5) is 17.1. The average molecular weight is 527 g/mol. The van der Waals surface area contributed by atoms with E-state index in [1.54, 1.807) is 30.3 Å². The first kappa shape index (κ1) is 22.6. The van der Waals surface area contributed by atoms with Crippen molar-refractivity contribution in [3.05, 3.63) is 93.4 Å². The zero-order valence-corrected chi connectivity index (χ0v) is 20.3. The Kier molecular flexibility index (Phi) is 6.15. The fourth-order valence-electron chi connectivity index (χ4n) is 3.55. The Bertz CT molecular complexity index is 1600. The molecule has 0 radical (unpaired) electrons. The van der Waals surface area contributed by atoms with E-state index in [-0.39, 0.29) is 10.1 Å². The van der Waals surface area contributed by atoms with E-state index in [0.29, 0.717) is 38.3 Å². The van der Waals surface area contributed by atoms with Crippen LogP contribution in [0.3, 0.4) is 0 Å². The van der Waals surface area contributed by atoms with Gasteiger partial charge in [-0.15, -0.1) is 0 Å². The molecule has 0 aliphatic rings. The Morgan fingerprint density at radius 3 is 2.47 bits per heavy atom. The molecule has 34 heavy (non-hydrogen) atoms. The fourth-order valence-corrected chi connectivity index (χ4v) is 4.30. The molecule has 5 aromatic rings. The van der Waals surface area contributed by atoms with Crippen molar-refractivity contribution in [1.29, 1.82) is 0 Å². The van der Waals surface area contributed by atoms with Gasteiger partial charge in [0.15, 0.2) is 10.7 Å². The van der Waals surface area contributed by atoms with E-state index < -0.39 is 5.91 Å². The smallest absolute Gasteiger partial charge is 0.257 e. The monoisotopic (exact) mass is 525 g/mol. The van der Waals surface area contributed by atoms with Crippen molar-refractivity contribution in [1.82, 2.24) is 10.3 Å². The van der Waals surface area contributed by atoms with Gasteiger partial charge in [-0.1, -0.05) is 59.1 Å². The van der Waals surface area contributed by atoms with Crippen LogP contribution in [0.25, 0.3) is 33.3 Å². The van der Waals surface area contributed by atoms with Gasteiger partial charge in [-0.2, -0.15) is 0 Å². The number of anilines is 1. The van der Waals surface area contributed by atoms with Crippen LogP contribution in [0.5, 0.6) is 0 Å². The van der Waals surface area contributed by atoms with Gasteiger partial charge in [0.05, 0.1) is 10.0 Å². The highest BCUT2D eigenvalue weighted by atomic mass is 35.5. The number of halogens is 3. The number of benzene rings is 4. The number of amides is 1. The lowest BCUT2D eigenvalue weighted by molar-refractivity contribution is 0.0977. The first-order valence-electron chi connectivity index (χ1n) is 10.0. The van der Waals surface area contributed by atoms with E-state index in [4.69, 9.17) is 51.4 Å². The van der Waals surface area contributed by atoms with Crippen LogP contribution < -0.4 is 10.6 Å². The standard InChI is InChI=1S/C25H14Cl3N3O2S/c26-18-6-2-3-15-16(18)4-1-5-17(15)24-30-21-12-14(8-10-22(21)33-24)29-25(34)31-23(32)13-7-9-19(27)20(28)11-13/h1-12H,(H2,29,31,32,34). The largest absolute Gasteiger partial charge is 0.436 e. The summed E-state index contributed by atoms with van der Waals surface area (Å²) in [5.74, 6) is 0.0750. The molecule has 1 heterocycles. The van der Waals surface area contributed by atoms with Gasteiger partial charge in [-0.05, 0) is 66.1 Å². The van der Waals surface area contributed by atoms with Crippen molar-refractivity contribution < 1.29 is 9.21 Å². The molecule has 0 saturated heterocycles. The van der Waals surface area contributed by atoms with Crippen LogP contribution in [0.4, 0.5) is 5.69 Å². The van der Waals surface area contributed by atoms with Crippen molar-refractivity contribution in [2.24, 2.45) is 0 Å². The average Bonchev–Trinajstić information content (AvgIpc) is 3.24. The van der Waals surface area contributed by atoms with Gasteiger partial charge >= 0.3 is 0 Å². The minimum absolute atomic E-state index is 0.128. The molecule has 0 unspecified atom stereocenters. The second-order valence-electron chi connectivity index (χ2n) is 7.38. The zero-order chi connectivity index (χ0) is 23.8. The van der Waals surface area contributed by atoms with Crippen molar-refractivity contribution >= 4 is 85.6 Å². The summed E-state index contributed by atoms with van der Waals surface area (Å²) in [6, 6.07) is 21.5. The molecular weight excluding hydrogens is 513 g/mol. The number of carbonyl (C=O) groups is 1.